The first kappa shape index (κ1) is 20.7. The van der Waals surface area contributed by atoms with Crippen LogP contribution in [0, 0.1) is 0 Å². The third kappa shape index (κ3) is 5.73. The molecule has 1 N–H and O–H groups in total. The van der Waals surface area contributed by atoms with E-state index in [9.17, 15) is 9.59 Å². The van der Waals surface area contributed by atoms with Crippen molar-refractivity contribution in [3.05, 3.63) is 53.6 Å². The molecular weight excluding hydrogens is 372 g/mol. The van der Waals surface area contributed by atoms with E-state index in [4.69, 9.17) is 19.3 Å². The third-order valence-electron chi connectivity index (χ3n) is 4.87. The van der Waals surface area contributed by atoms with Crippen LogP contribution in [-0.4, -0.2) is 30.3 Å². The van der Waals surface area contributed by atoms with Crippen molar-refractivity contribution in [1.82, 2.24) is 0 Å². The summed E-state index contributed by atoms with van der Waals surface area (Å²) < 4.78 is 16.3. The van der Waals surface area contributed by atoms with Crippen LogP contribution in [0.4, 0.5) is 0 Å². The molecule has 0 amide bonds. The molecule has 1 aliphatic heterocycles. The molecule has 0 saturated carbocycles. The summed E-state index contributed by atoms with van der Waals surface area (Å²) in [5.74, 6) is 0.0656. The lowest BCUT2D eigenvalue weighted by atomic mass is 9.86. The van der Waals surface area contributed by atoms with Crippen molar-refractivity contribution in [3.63, 3.8) is 0 Å². The first-order valence-electron chi connectivity index (χ1n) is 9.98. The Bertz CT molecular complexity index is 843. The van der Waals surface area contributed by atoms with Crippen molar-refractivity contribution in [1.29, 1.82) is 0 Å². The molecule has 0 radical (unpaired) electrons. The molecule has 154 valence electrons. The van der Waals surface area contributed by atoms with Gasteiger partial charge in [0.05, 0.1) is 13.0 Å². The minimum absolute atomic E-state index is 0.127. The van der Waals surface area contributed by atoms with Gasteiger partial charge in [0.2, 0.25) is 0 Å². The number of carbonyl (C=O) groups is 2. The number of ether oxygens (including phenoxy) is 3. The van der Waals surface area contributed by atoms with Gasteiger partial charge in [-0.15, -0.1) is 0 Å². The van der Waals surface area contributed by atoms with E-state index < -0.39 is 12.6 Å². The van der Waals surface area contributed by atoms with Gasteiger partial charge in [-0.25, -0.2) is 4.79 Å². The second-order valence-corrected chi connectivity index (χ2v) is 7.09. The van der Waals surface area contributed by atoms with Crippen LogP contribution in [0.15, 0.2) is 42.5 Å². The summed E-state index contributed by atoms with van der Waals surface area (Å²) in [6.45, 7) is 2.44. The summed E-state index contributed by atoms with van der Waals surface area (Å²) in [7, 11) is 0. The van der Waals surface area contributed by atoms with Crippen LogP contribution >= 0.6 is 0 Å². The van der Waals surface area contributed by atoms with Crippen molar-refractivity contribution in [3.8, 4) is 17.2 Å². The molecule has 2 aromatic carbocycles. The average Bonchev–Trinajstić information content (AvgIpc) is 2.71. The Kier molecular flexibility index (Phi) is 7.11. The Morgan fingerprint density at radius 2 is 1.83 bits per heavy atom. The van der Waals surface area contributed by atoms with Gasteiger partial charge >= 0.3 is 11.9 Å². The minimum Gasteiger partial charge on any atom is -0.494 e. The van der Waals surface area contributed by atoms with Crippen molar-refractivity contribution in [2.75, 3.05) is 13.2 Å². The fourth-order valence-electron chi connectivity index (χ4n) is 3.38. The van der Waals surface area contributed by atoms with E-state index in [0.29, 0.717) is 18.1 Å². The standard InChI is InChI=1S/C23H26O6/c1-2-3-4-5-12-27-17-8-6-16(7-9-17)20-14-23(26)29-21-13-18(10-11-19(20)21)28-15-22(24)25/h6-11,13,20H,2-5,12,14-15H2,1H3,(H,24,25). The zero-order chi connectivity index (χ0) is 20.6. The number of carbonyl (C=O) groups excluding carboxylic acids is 1. The maximum absolute atomic E-state index is 12.1. The summed E-state index contributed by atoms with van der Waals surface area (Å²) in [5.41, 5.74) is 1.88. The van der Waals surface area contributed by atoms with Crippen molar-refractivity contribution in [2.45, 2.75) is 44.9 Å². The van der Waals surface area contributed by atoms with Gasteiger partial charge < -0.3 is 19.3 Å². The number of carboxylic acid groups (broad SMARTS) is 1. The van der Waals surface area contributed by atoms with Crippen molar-refractivity contribution < 1.29 is 28.9 Å². The van der Waals surface area contributed by atoms with E-state index in [-0.39, 0.29) is 18.3 Å². The average molecular weight is 398 g/mol. The van der Waals surface area contributed by atoms with Crippen LogP contribution in [0.1, 0.15) is 56.1 Å². The number of hydrogen-bond acceptors (Lipinski definition) is 5. The SMILES string of the molecule is CCCCCCOc1ccc(C2CC(=O)Oc3cc(OCC(=O)O)ccc32)cc1. The first-order chi connectivity index (χ1) is 14.1. The molecule has 1 aliphatic rings. The summed E-state index contributed by atoms with van der Waals surface area (Å²) >= 11 is 0. The molecule has 1 atom stereocenters. The molecule has 1 heterocycles. The molecular formula is C23H26O6. The summed E-state index contributed by atoms with van der Waals surface area (Å²) in [6, 6.07) is 12.9. The zero-order valence-corrected chi connectivity index (χ0v) is 16.6. The largest absolute Gasteiger partial charge is 0.494 e. The molecule has 0 bridgehead atoms. The number of fused-ring (bicyclic) bond motifs is 1. The van der Waals surface area contributed by atoms with Gasteiger partial charge in [-0.3, -0.25) is 4.79 Å². The summed E-state index contributed by atoms with van der Waals surface area (Å²) in [5, 5.41) is 8.74. The second-order valence-electron chi connectivity index (χ2n) is 7.09. The number of rotatable bonds is 10. The fourth-order valence-corrected chi connectivity index (χ4v) is 3.38. The Labute approximate surface area is 170 Å². The van der Waals surface area contributed by atoms with Gasteiger partial charge in [0, 0.05) is 17.5 Å². The number of unbranched alkanes of at least 4 members (excludes halogenated alkanes) is 3. The molecule has 0 aliphatic carbocycles. The lowest BCUT2D eigenvalue weighted by molar-refractivity contribution is -0.139. The highest BCUT2D eigenvalue weighted by molar-refractivity contribution is 5.78. The molecule has 29 heavy (non-hydrogen) atoms. The molecule has 0 fully saturated rings. The Morgan fingerprint density at radius 3 is 2.55 bits per heavy atom. The number of aliphatic carboxylic acids is 1. The van der Waals surface area contributed by atoms with Crippen LogP contribution in [0.5, 0.6) is 17.2 Å². The van der Waals surface area contributed by atoms with Crippen LogP contribution in [-0.2, 0) is 9.59 Å². The summed E-state index contributed by atoms with van der Waals surface area (Å²) in [4.78, 5) is 22.8. The minimum atomic E-state index is -1.06. The molecule has 6 heteroatoms. The van der Waals surface area contributed by atoms with Crippen LogP contribution < -0.4 is 14.2 Å². The smallest absolute Gasteiger partial charge is 0.341 e. The number of esters is 1. The van der Waals surface area contributed by atoms with Gasteiger partial charge in [0.1, 0.15) is 17.2 Å². The highest BCUT2D eigenvalue weighted by Gasteiger charge is 2.28. The Balaban J connectivity index is 1.69. The third-order valence-corrected chi connectivity index (χ3v) is 4.87. The van der Waals surface area contributed by atoms with E-state index in [1.165, 1.54) is 19.3 Å². The highest BCUT2D eigenvalue weighted by Crippen LogP contribution is 2.40. The molecule has 1 unspecified atom stereocenters. The fraction of sp³-hybridized carbons (Fsp3) is 0.391. The van der Waals surface area contributed by atoms with Crippen LogP contribution in [0.2, 0.25) is 0 Å². The van der Waals surface area contributed by atoms with Crippen molar-refractivity contribution in [2.24, 2.45) is 0 Å². The lowest BCUT2D eigenvalue weighted by Gasteiger charge is -2.25. The van der Waals surface area contributed by atoms with E-state index >= 15 is 0 Å². The van der Waals surface area contributed by atoms with Gasteiger partial charge in [0.25, 0.3) is 0 Å². The number of benzene rings is 2. The molecule has 2 aromatic rings. The lowest BCUT2D eigenvalue weighted by Crippen LogP contribution is -2.21. The topological polar surface area (TPSA) is 82.1 Å². The highest BCUT2D eigenvalue weighted by atomic mass is 16.5. The van der Waals surface area contributed by atoms with Crippen LogP contribution in [0.25, 0.3) is 0 Å². The van der Waals surface area contributed by atoms with Crippen LogP contribution in [0.3, 0.4) is 0 Å². The maximum atomic E-state index is 12.1. The molecule has 0 aromatic heterocycles. The number of carboxylic acids is 1. The Hall–Kier alpha value is -3.02. The zero-order valence-electron chi connectivity index (χ0n) is 16.6. The molecule has 6 nitrogen and oxygen atoms in total. The molecule has 0 spiro atoms. The molecule has 0 saturated heterocycles. The van der Waals surface area contributed by atoms with E-state index in [1.54, 1.807) is 12.1 Å². The monoisotopic (exact) mass is 398 g/mol. The second kappa shape index (κ2) is 9.96. The van der Waals surface area contributed by atoms with Gasteiger partial charge in [-0.1, -0.05) is 44.4 Å². The van der Waals surface area contributed by atoms with Gasteiger partial charge in [-0.05, 0) is 30.2 Å². The predicted octanol–water partition coefficient (Wildman–Crippen LogP) is 4.55. The quantitative estimate of drug-likeness (QED) is 0.359. The first-order valence-corrected chi connectivity index (χ1v) is 9.98. The maximum Gasteiger partial charge on any atom is 0.341 e. The Morgan fingerprint density at radius 1 is 1.07 bits per heavy atom. The predicted molar refractivity (Wildman–Crippen MR) is 108 cm³/mol. The van der Waals surface area contributed by atoms with Gasteiger partial charge in [-0.2, -0.15) is 0 Å². The van der Waals surface area contributed by atoms with E-state index in [1.807, 2.05) is 30.3 Å². The van der Waals surface area contributed by atoms with E-state index in [2.05, 4.69) is 6.92 Å². The number of hydrogen-bond donors (Lipinski definition) is 1. The van der Waals surface area contributed by atoms with Crippen molar-refractivity contribution >= 4 is 11.9 Å². The summed E-state index contributed by atoms with van der Waals surface area (Å²) in [6.07, 6.45) is 4.90. The molecule has 3 rings (SSSR count). The van der Waals surface area contributed by atoms with E-state index in [0.717, 1.165) is 23.3 Å². The van der Waals surface area contributed by atoms with Gasteiger partial charge in [0.15, 0.2) is 6.61 Å². The normalized spacial score (nSPS) is 15.3.